The van der Waals surface area contributed by atoms with E-state index in [0.717, 1.165) is 12.2 Å². The summed E-state index contributed by atoms with van der Waals surface area (Å²) in [6.07, 6.45) is 10.4. The molecule has 0 aromatic carbocycles. The van der Waals surface area contributed by atoms with E-state index in [0.29, 0.717) is 11.5 Å². The Kier molecular flexibility index (Phi) is 4.29. The van der Waals surface area contributed by atoms with Crippen LogP contribution in [-0.2, 0) is 0 Å². The summed E-state index contributed by atoms with van der Waals surface area (Å²) in [5, 5.41) is 0. The monoisotopic (exact) mass is 231 g/mol. The molecule has 0 unspecified atom stereocenters. The molecule has 2 heteroatoms. The molecule has 1 aliphatic rings. The maximum Gasteiger partial charge on any atom is 0.151 e. The molecule has 0 aliphatic heterocycles. The second kappa shape index (κ2) is 5.95. The Hall–Kier alpha value is -1.18. The van der Waals surface area contributed by atoms with Gasteiger partial charge in [-0.05, 0) is 43.7 Å². The number of carbonyl (C=O) groups excluding carboxylic acids is 1. The van der Waals surface area contributed by atoms with Crippen LogP contribution in [0.15, 0.2) is 18.3 Å². The van der Waals surface area contributed by atoms with Crippen molar-refractivity contribution in [2.24, 2.45) is 5.92 Å². The highest BCUT2D eigenvalue weighted by Crippen LogP contribution is 2.36. The predicted octanol–water partition coefficient (Wildman–Crippen LogP) is 3.97. The molecule has 1 fully saturated rings. The molecule has 17 heavy (non-hydrogen) atoms. The Balaban J connectivity index is 1.93. The van der Waals surface area contributed by atoms with Crippen LogP contribution in [0.2, 0.25) is 0 Å². The van der Waals surface area contributed by atoms with Crippen molar-refractivity contribution >= 4 is 6.29 Å². The highest BCUT2D eigenvalue weighted by atomic mass is 16.1. The second-order valence-corrected chi connectivity index (χ2v) is 5.14. The van der Waals surface area contributed by atoms with E-state index >= 15 is 0 Å². The van der Waals surface area contributed by atoms with Gasteiger partial charge in [0.05, 0.1) is 0 Å². The van der Waals surface area contributed by atoms with Crippen molar-refractivity contribution in [3.63, 3.8) is 0 Å². The molecular formula is C15H21NO. The summed E-state index contributed by atoms with van der Waals surface area (Å²) in [5.74, 6) is 1.55. The summed E-state index contributed by atoms with van der Waals surface area (Å²) in [6.45, 7) is 2.27. The van der Waals surface area contributed by atoms with Crippen molar-refractivity contribution in [1.82, 2.24) is 4.98 Å². The van der Waals surface area contributed by atoms with Gasteiger partial charge in [0.15, 0.2) is 6.29 Å². The molecule has 0 amide bonds. The molecule has 2 rings (SSSR count). The number of rotatable bonds is 4. The quantitative estimate of drug-likeness (QED) is 0.734. The average molecular weight is 231 g/mol. The normalized spacial score (nSPS) is 24.5. The summed E-state index contributed by atoms with van der Waals surface area (Å²) in [7, 11) is 0. The summed E-state index contributed by atoms with van der Waals surface area (Å²) >= 11 is 0. The van der Waals surface area contributed by atoms with E-state index in [1.807, 2.05) is 12.1 Å². The molecule has 1 saturated carbocycles. The van der Waals surface area contributed by atoms with E-state index in [4.69, 9.17) is 0 Å². The van der Waals surface area contributed by atoms with Gasteiger partial charge in [-0.15, -0.1) is 0 Å². The molecule has 0 saturated heterocycles. The highest BCUT2D eigenvalue weighted by Gasteiger charge is 2.22. The first-order valence-corrected chi connectivity index (χ1v) is 6.74. The van der Waals surface area contributed by atoms with Gasteiger partial charge in [-0.2, -0.15) is 0 Å². The first-order valence-electron chi connectivity index (χ1n) is 6.74. The fourth-order valence-electron chi connectivity index (χ4n) is 2.88. The Bertz CT molecular complexity index is 350. The zero-order valence-electron chi connectivity index (χ0n) is 10.6. The topological polar surface area (TPSA) is 30.0 Å². The minimum absolute atomic E-state index is 0.615. The van der Waals surface area contributed by atoms with Crippen molar-refractivity contribution < 1.29 is 4.79 Å². The average Bonchev–Trinajstić information content (AvgIpc) is 2.40. The number of hydrogen-bond donors (Lipinski definition) is 0. The van der Waals surface area contributed by atoms with Gasteiger partial charge < -0.3 is 0 Å². The Labute approximate surface area is 103 Å². The Morgan fingerprint density at radius 1 is 1.29 bits per heavy atom. The second-order valence-electron chi connectivity index (χ2n) is 5.14. The zero-order valence-corrected chi connectivity index (χ0v) is 10.6. The van der Waals surface area contributed by atoms with Gasteiger partial charge in [0.1, 0.15) is 0 Å². The number of pyridine rings is 1. The Morgan fingerprint density at radius 2 is 2.06 bits per heavy atom. The van der Waals surface area contributed by atoms with Crippen LogP contribution in [0.25, 0.3) is 0 Å². The first kappa shape index (κ1) is 12.3. The van der Waals surface area contributed by atoms with Gasteiger partial charge in [-0.1, -0.05) is 19.8 Å². The van der Waals surface area contributed by atoms with Crippen LogP contribution in [0, 0.1) is 5.92 Å². The molecule has 0 radical (unpaired) electrons. The lowest BCUT2D eigenvalue weighted by Crippen LogP contribution is -2.14. The van der Waals surface area contributed by atoms with Crippen LogP contribution in [-0.4, -0.2) is 11.3 Å². The van der Waals surface area contributed by atoms with Gasteiger partial charge in [0.25, 0.3) is 0 Å². The van der Waals surface area contributed by atoms with Gasteiger partial charge in [-0.3, -0.25) is 9.78 Å². The fraction of sp³-hybridized carbons (Fsp3) is 0.600. The molecule has 1 heterocycles. The molecular weight excluding hydrogens is 210 g/mol. The minimum Gasteiger partial charge on any atom is -0.298 e. The lowest BCUT2D eigenvalue weighted by molar-refractivity contribution is 0.112. The maximum atomic E-state index is 10.6. The summed E-state index contributed by atoms with van der Waals surface area (Å²) < 4.78 is 0. The molecule has 1 aromatic heterocycles. The molecule has 1 aliphatic carbocycles. The lowest BCUT2D eigenvalue weighted by atomic mass is 9.78. The zero-order chi connectivity index (χ0) is 12.1. The number of hydrogen-bond acceptors (Lipinski definition) is 2. The summed E-state index contributed by atoms with van der Waals surface area (Å²) in [6, 6.07) is 3.90. The molecule has 92 valence electrons. The van der Waals surface area contributed by atoms with E-state index in [2.05, 4.69) is 11.9 Å². The fourth-order valence-corrected chi connectivity index (χ4v) is 2.88. The molecule has 0 bridgehead atoms. The van der Waals surface area contributed by atoms with Gasteiger partial charge in [0.2, 0.25) is 0 Å². The van der Waals surface area contributed by atoms with E-state index in [1.165, 1.54) is 44.2 Å². The number of aldehydes is 1. The molecule has 2 nitrogen and oxygen atoms in total. The largest absolute Gasteiger partial charge is 0.298 e. The SMILES string of the molecule is CCCC1CCC(c2ccc(C=O)cn2)CC1. The van der Waals surface area contributed by atoms with E-state index < -0.39 is 0 Å². The van der Waals surface area contributed by atoms with Gasteiger partial charge in [0, 0.05) is 23.4 Å². The van der Waals surface area contributed by atoms with Crippen molar-refractivity contribution in [1.29, 1.82) is 0 Å². The van der Waals surface area contributed by atoms with Crippen LogP contribution >= 0.6 is 0 Å². The van der Waals surface area contributed by atoms with Crippen molar-refractivity contribution in [2.75, 3.05) is 0 Å². The minimum atomic E-state index is 0.615. The third kappa shape index (κ3) is 3.15. The number of nitrogens with zero attached hydrogens (tertiary/aromatic N) is 1. The number of carbonyl (C=O) groups is 1. The van der Waals surface area contributed by atoms with Crippen molar-refractivity contribution in [3.8, 4) is 0 Å². The van der Waals surface area contributed by atoms with Crippen LogP contribution in [0.5, 0.6) is 0 Å². The van der Waals surface area contributed by atoms with Crippen LogP contribution < -0.4 is 0 Å². The number of aromatic nitrogens is 1. The van der Waals surface area contributed by atoms with Crippen LogP contribution in [0.1, 0.15) is 67.4 Å². The van der Waals surface area contributed by atoms with Gasteiger partial charge >= 0.3 is 0 Å². The Morgan fingerprint density at radius 3 is 2.59 bits per heavy atom. The van der Waals surface area contributed by atoms with Crippen molar-refractivity contribution in [3.05, 3.63) is 29.6 Å². The smallest absolute Gasteiger partial charge is 0.151 e. The van der Waals surface area contributed by atoms with Crippen molar-refractivity contribution in [2.45, 2.75) is 51.4 Å². The van der Waals surface area contributed by atoms with E-state index in [9.17, 15) is 4.79 Å². The third-order valence-electron chi connectivity index (χ3n) is 3.91. The van der Waals surface area contributed by atoms with Crippen LogP contribution in [0.4, 0.5) is 0 Å². The van der Waals surface area contributed by atoms with E-state index in [-0.39, 0.29) is 0 Å². The molecule has 0 N–H and O–H groups in total. The lowest BCUT2D eigenvalue weighted by Gasteiger charge is -2.27. The maximum absolute atomic E-state index is 10.6. The highest BCUT2D eigenvalue weighted by molar-refractivity contribution is 5.73. The first-order chi connectivity index (χ1) is 8.33. The third-order valence-corrected chi connectivity index (χ3v) is 3.91. The molecule has 0 spiro atoms. The summed E-state index contributed by atoms with van der Waals surface area (Å²) in [4.78, 5) is 15.0. The standard InChI is InChI=1S/C15H21NO/c1-2-3-12-4-7-14(8-5-12)15-9-6-13(11-17)10-16-15/h6,9-12,14H,2-5,7-8H2,1H3. The molecule has 0 atom stereocenters. The van der Waals surface area contributed by atoms with Gasteiger partial charge in [-0.25, -0.2) is 0 Å². The summed E-state index contributed by atoms with van der Waals surface area (Å²) in [5.41, 5.74) is 1.85. The van der Waals surface area contributed by atoms with Crippen LogP contribution in [0.3, 0.4) is 0 Å². The van der Waals surface area contributed by atoms with E-state index in [1.54, 1.807) is 6.20 Å². The predicted molar refractivity (Wildman–Crippen MR) is 69.2 cm³/mol. The molecule has 1 aromatic rings.